The Balaban J connectivity index is 1.67. The maximum absolute atomic E-state index is 14.0. The lowest BCUT2D eigenvalue weighted by atomic mass is 10.1. The Bertz CT molecular complexity index is 1280. The van der Waals surface area contributed by atoms with Crippen molar-refractivity contribution in [3.8, 4) is 5.75 Å². The molecule has 0 spiro atoms. The lowest BCUT2D eigenvalue weighted by molar-refractivity contribution is -0.122. The predicted octanol–water partition coefficient (Wildman–Crippen LogP) is 5.91. The van der Waals surface area contributed by atoms with Crippen molar-refractivity contribution in [1.82, 2.24) is 0 Å². The van der Waals surface area contributed by atoms with Crippen molar-refractivity contribution in [2.24, 2.45) is 0 Å². The van der Waals surface area contributed by atoms with Crippen LogP contribution in [0.4, 0.5) is 10.1 Å². The molecule has 1 heterocycles. The van der Waals surface area contributed by atoms with E-state index in [1.165, 1.54) is 12.1 Å². The third kappa shape index (κ3) is 4.25. The number of amides is 1. The van der Waals surface area contributed by atoms with Crippen molar-refractivity contribution in [2.75, 3.05) is 5.32 Å². The summed E-state index contributed by atoms with van der Waals surface area (Å²) in [5.41, 5.74) is 2.21. The highest BCUT2D eigenvalue weighted by Gasteiger charge is 2.27. The zero-order valence-electron chi connectivity index (χ0n) is 17.7. The molecule has 0 bridgehead atoms. The molecule has 0 fully saturated rings. The zero-order chi connectivity index (χ0) is 22.7. The summed E-state index contributed by atoms with van der Waals surface area (Å²) in [5, 5.41) is 3.38. The van der Waals surface area contributed by atoms with Gasteiger partial charge in [-0.1, -0.05) is 61.0 Å². The number of fused-ring (bicyclic) bond motifs is 1. The van der Waals surface area contributed by atoms with Gasteiger partial charge in [0.05, 0.1) is 5.69 Å². The largest absolute Gasteiger partial charge is 0.478 e. The summed E-state index contributed by atoms with van der Waals surface area (Å²) in [6.07, 6.45) is -0.653. The van der Waals surface area contributed by atoms with Gasteiger partial charge in [0.1, 0.15) is 5.58 Å². The van der Waals surface area contributed by atoms with Crippen LogP contribution in [0.3, 0.4) is 0 Å². The minimum atomic E-state index is -0.956. The summed E-state index contributed by atoms with van der Waals surface area (Å²) in [6.45, 7) is 3.69. The second kappa shape index (κ2) is 9.06. The molecule has 6 heteroatoms. The number of anilines is 1. The normalized spacial score (nSPS) is 11.8. The number of nitrogens with one attached hydrogen (secondary N) is 1. The maximum Gasteiger partial charge on any atom is 0.265 e. The average molecular weight is 431 g/mol. The van der Waals surface area contributed by atoms with E-state index < -0.39 is 17.8 Å². The first-order valence-corrected chi connectivity index (χ1v) is 10.3. The number of ether oxygens (including phenoxy) is 1. The van der Waals surface area contributed by atoms with Crippen LogP contribution < -0.4 is 10.1 Å². The van der Waals surface area contributed by atoms with Crippen molar-refractivity contribution in [3.05, 3.63) is 95.5 Å². The Kier molecular flexibility index (Phi) is 6.03. The number of carbonyl (C=O) groups excluding carboxylic acids is 2. The van der Waals surface area contributed by atoms with Gasteiger partial charge < -0.3 is 14.5 Å². The molecule has 3 aromatic carbocycles. The van der Waals surface area contributed by atoms with Gasteiger partial charge in [-0.25, -0.2) is 4.39 Å². The molecule has 32 heavy (non-hydrogen) atoms. The monoisotopic (exact) mass is 431 g/mol. The second-order valence-corrected chi connectivity index (χ2v) is 7.43. The Morgan fingerprint density at radius 2 is 1.69 bits per heavy atom. The lowest BCUT2D eigenvalue weighted by Crippen LogP contribution is -2.33. The van der Waals surface area contributed by atoms with Crippen LogP contribution >= 0.6 is 0 Å². The molecule has 1 amide bonds. The van der Waals surface area contributed by atoms with Crippen LogP contribution in [0.5, 0.6) is 5.75 Å². The number of hydrogen-bond acceptors (Lipinski definition) is 4. The molecule has 0 radical (unpaired) electrons. The fourth-order valence-electron chi connectivity index (χ4n) is 3.38. The highest BCUT2D eigenvalue weighted by Crippen LogP contribution is 2.33. The first-order valence-electron chi connectivity index (χ1n) is 10.3. The predicted molar refractivity (Wildman–Crippen MR) is 121 cm³/mol. The SMILES string of the molecule is CC[C@@H](Oc1ccccc1F)C(=O)Nc1c(C(=O)c2ccc(C)cc2)oc2ccccc12. The summed E-state index contributed by atoms with van der Waals surface area (Å²) >= 11 is 0. The minimum absolute atomic E-state index is 0.0116. The molecule has 1 atom stereocenters. The van der Waals surface area contributed by atoms with Crippen LogP contribution in [0.1, 0.15) is 35.0 Å². The Morgan fingerprint density at radius 1 is 1.00 bits per heavy atom. The molecule has 0 aliphatic rings. The van der Waals surface area contributed by atoms with E-state index >= 15 is 0 Å². The van der Waals surface area contributed by atoms with Gasteiger partial charge in [-0.05, 0) is 37.6 Å². The van der Waals surface area contributed by atoms with Crippen LogP contribution in [-0.2, 0) is 4.79 Å². The summed E-state index contributed by atoms with van der Waals surface area (Å²) < 4.78 is 25.4. The van der Waals surface area contributed by atoms with Crippen LogP contribution in [0.25, 0.3) is 11.0 Å². The summed E-state index contributed by atoms with van der Waals surface area (Å²) in [4.78, 5) is 26.2. The van der Waals surface area contributed by atoms with E-state index in [-0.39, 0.29) is 23.0 Å². The number of rotatable bonds is 7. The second-order valence-electron chi connectivity index (χ2n) is 7.43. The molecular formula is C26H22FNO4. The molecule has 0 aliphatic carbocycles. The van der Waals surface area contributed by atoms with Gasteiger partial charge in [0.25, 0.3) is 5.91 Å². The van der Waals surface area contributed by atoms with Gasteiger partial charge in [-0.15, -0.1) is 0 Å². The molecule has 162 valence electrons. The topological polar surface area (TPSA) is 68.5 Å². The van der Waals surface area contributed by atoms with E-state index in [1.54, 1.807) is 55.5 Å². The van der Waals surface area contributed by atoms with E-state index in [0.717, 1.165) is 5.56 Å². The van der Waals surface area contributed by atoms with E-state index in [4.69, 9.17) is 9.15 Å². The van der Waals surface area contributed by atoms with Gasteiger partial charge in [-0.2, -0.15) is 0 Å². The first-order chi connectivity index (χ1) is 15.5. The highest BCUT2D eigenvalue weighted by molar-refractivity contribution is 6.17. The fourth-order valence-corrected chi connectivity index (χ4v) is 3.38. The Hall–Kier alpha value is -3.93. The smallest absolute Gasteiger partial charge is 0.265 e. The molecule has 4 aromatic rings. The van der Waals surface area contributed by atoms with Gasteiger partial charge >= 0.3 is 0 Å². The molecule has 0 unspecified atom stereocenters. The molecule has 0 aliphatic heterocycles. The van der Waals surface area contributed by atoms with Crippen molar-refractivity contribution >= 4 is 28.3 Å². The molecule has 1 aromatic heterocycles. The number of carbonyl (C=O) groups is 2. The highest BCUT2D eigenvalue weighted by atomic mass is 19.1. The third-order valence-electron chi connectivity index (χ3n) is 5.13. The van der Waals surface area contributed by atoms with Crippen molar-refractivity contribution in [3.63, 3.8) is 0 Å². The Labute approximate surface area is 184 Å². The molecule has 0 saturated carbocycles. The number of para-hydroxylation sites is 2. The molecule has 0 saturated heterocycles. The van der Waals surface area contributed by atoms with E-state index in [1.807, 2.05) is 19.1 Å². The van der Waals surface area contributed by atoms with Crippen LogP contribution in [0.2, 0.25) is 0 Å². The maximum atomic E-state index is 14.0. The van der Waals surface area contributed by atoms with Gasteiger partial charge in [0.2, 0.25) is 5.78 Å². The average Bonchev–Trinajstić information content (AvgIpc) is 3.17. The van der Waals surface area contributed by atoms with Crippen molar-refractivity contribution in [1.29, 1.82) is 0 Å². The molecule has 5 nitrogen and oxygen atoms in total. The molecular weight excluding hydrogens is 409 g/mol. The number of hydrogen-bond donors (Lipinski definition) is 1. The van der Waals surface area contributed by atoms with Crippen LogP contribution in [-0.4, -0.2) is 17.8 Å². The third-order valence-corrected chi connectivity index (χ3v) is 5.13. The van der Waals surface area contributed by atoms with Gasteiger partial charge in [-0.3, -0.25) is 9.59 Å². The number of benzene rings is 3. The van der Waals surface area contributed by atoms with Crippen LogP contribution in [0, 0.1) is 12.7 Å². The van der Waals surface area contributed by atoms with Crippen molar-refractivity contribution < 1.29 is 23.1 Å². The van der Waals surface area contributed by atoms with E-state index in [2.05, 4.69) is 5.32 Å². The van der Waals surface area contributed by atoms with Gasteiger partial charge in [0, 0.05) is 10.9 Å². The number of ketones is 1. The number of furan rings is 1. The summed E-state index contributed by atoms with van der Waals surface area (Å²) in [6, 6.07) is 20.1. The zero-order valence-corrected chi connectivity index (χ0v) is 17.7. The van der Waals surface area contributed by atoms with E-state index in [9.17, 15) is 14.0 Å². The summed E-state index contributed by atoms with van der Waals surface area (Å²) in [7, 11) is 0. The minimum Gasteiger partial charge on any atom is -0.478 e. The van der Waals surface area contributed by atoms with Crippen molar-refractivity contribution in [2.45, 2.75) is 26.4 Å². The van der Waals surface area contributed by atoms with Gasteiger partial charge in [0.15, 0.2) is 23.4 Å². The fraction of sp³-hybridized carbons (Fsp3) is 0.154. The quantitative estimate of drug-likeness (QED) is 0.370. The molecule has 1 N–H and O–H groups in total. The van der Waals surface area contributed by atoms with Crippen LogP contribution in [0.15, 0.2) is 77.2 Å². The number of halogens is 1. The summed E-state index contributed by atoms with van der Waals surface area (Å²) in [5.74, 6) is -1.38. The number of aryl methyl sites for hydroxylation is 1. The Morgan fingerprint density at radius 3 is 2.41 bits per heavy atom. The lowest BCUT2D eigenvalue weighted by Gasteiger charge is -2.17. The first kappa shape index (κ1) is 21.3. The standard InChI is InChI=1S/C26H22FNO4/c1-3-20(31-22-11-7-5-9-19(22)27)26(30)28-23-18-8-4-6-10-21(18)32-25(23)24(29)17-14-12-16(2)13-15-17/h4-15,20H,3H2,1-2H3,(H,28,30)/t20-/m1/s1. The molecule has 4 rings (SSSR count). The van der Waals surface area contributed by atoms with E-state index in [0.29, 0.717) is 23.0 Å².